The molecule has 2 heteroatoms. The number of hydrogen-bond donors (Lipinski definition) is 1. The van der Waals surface area contributed by atoms with E-state index in [1.807, 2.05) is 0 Å². The van der Waals surface area contributed by atoms with Gasteiger partial charge in [-0.2, -0.15) is 0 Å². The van der Waals surface area contributed by atoms with E-state index in [9.17, 15) is 5.11 Å². The molecule has 5 atom stereocenters. The quantitative estimate of drug-likeness (QED) is 0.823. The molecule has 18 heavy (non-hydrogen) atoms. The molecule has 3 aliphatic rings. The number of benzene rings is 1. The lowest BCUT2D eigenvalue weighted by molar-refractivity contribution is 0.0323. The van der Waals surface area contributed by atoms with E-state index in [4.69, 9.17) is 4.74 Å². The Morgan fingerprint density at radius 3 is 2.89 bits per heavy atom. The van der Waals surface area contributed by atoms with Crippen LogP contribution in [0, 0.1) is 11.3 Å². The minimum absolute atomic E-state index is 0.179. The van der Waals surface area contributed by atoms with Crippen molar-refractivity contribution in [1.29, 1.82) is 0 Å². The third-order valence-corrected chi connectivity index (χ3v) is 5.58. The standard InChI is InChI=1S/C16H20O2/c17-13-9-12-10-18-14-7-4-8-16(12,14)15(13)11-5-2-1-3-6-11/h1-3,5-6,12-15,17H,4,7-10H2/t12-,13-,14+,15-,16+/m0/s1. The van der Waals surface area contributed by atoms with Gasteiger partial charge in [0.05, 0.1) is 18.8 Å². The summed E-state index contributed by atoms with van der Waals surface area (Å²) in [6.45, 7) is 0.866. The first-order valence-corrected chi connectivity index (χ1v) is 7.17. The van der Waals surface area contributed by atoms with Crippen LogP contribution < -0.4 is 0 Å². The lowest BCUT2D eigenvalue weighted by Crippen LogP contribution is -2.35. The lowest BCUT2D eigenvalue weighted by atomic mass is 9.68. The van der Waals surface area contributed by atoms with Gasteiger partial charge < -0.3 is 9.84 Å². The molecule has 1 saturated heterocycles. The van der Waals surface area contributed by atoms with E-state index in [2.05, 4.69) is 30.3 Å². The summed E-state index contributed by atoms with van der Waals surface area (Å²) in [5.41, 5.74) is 1.55. The van der Waals surface area contributed by atoms with E-state index < -0.39 is 0 Å². The molecule has 1 aromatic rings. The number of aliphatic hydroxyl groups is 1. The van der Waals surface area contributed by atoms with Gasteiger partial charge in [-0.05, 0) is 30.7 Å². The first-order chi connectivity index (χ1) is 8.82. The zero-order valence-corrected chi connectivity index (χ0v) is 10.6. The number of rotatable bonds is 1. The fraction of sp³-hybridized carbons (Fsp3) is 0.625. The van der Waals surface area contributed by atoms with Crippen LogP contribution in [-0.4, -0.2) is 23.9 Å². The molecular weight excluding hydrogens is 224 g/mol. The van der Waals surface area contributed by atoms with Gasteiger partial charge in [0.1, 0.15) is 0 Å². The highest BCUT2D eigenvalue weighted by Crippen LogP contribution is 2.65. The second kappa shape index (κ2) is 3.82. The molecule has 0 radical (unpaired) electrons. The predicted molar refractivity (Wildman–Crippen MR) is 69.3 cm³/mol. The third-order valence-electron chi connectivity index (χ3n) is 5.58. The number of hydrogen-bond acceptors (Lipinski definition) is 2. The van der Waals surface area contributed by atoms with Crippen LogP contribution in [0.2, 0.25) is 0 Å². The maximum Gasteiger partial charge on any atom is 0.0641 e. The summed E-state index contributed by atoms with van der Waals surface area (Å²) in [5.74, 6) is 0.865. The first-order valence-electron chi connectivity index (χ1n) is 7.17. The second-order valence-electron chi connectivity index (χ2n) is 6.21. The molecule has 1 aromatic carbocycles. The van der Waals surface area contributed by atoms with Crippen LogP contribution in [0.3, 0.4) is 0 Å². The van der Waals surface area contributed by atoms with Crippen molar-refractivity contribution in [2.75, 3.05) is 6.61 Å². The Balaban J connectivity index is 1.81. The predicted octanol–water partition coefficient (Wildman–Crippen LogP) is 2.72. The van der Waals surface area contributed by atoms with Crippen molar-refractivity contribution in [2.24, 2.45) is 11.3 Å². The van der Waals surface area contributed by atoms with Crippen LogP contribution in [0.1, 0.15) is 37.2 Å². The Morgan fingerprint density at radius 1 is 1.22 bits per heavy atom. The van der Waals surface area contributed by atoms with Crippen LogP contribution >= 0.6 is 0 Å². The van der Waals surface area contributed by atoms with Crippen molar-refractivity contribution >= 4 is 0 Å². The van der Waals surface area contributed by atoms with Crippen LogP contribution in [0.5, 0.6) is 0 Å². The van der Waals surface area contributed by atoms with E-state index >= 15 is 0 Å². The first kappa shape index (κ1) is 11.0. The van der Waals surface area contributed by atoms with Gasteiger partial charge in [0.2, 0.25) is 0 Å². The number of ether oxygens (including phenoxy) is 1. The molecule has 1 N–H and O–H groups in total. The lowest BCUT2D eigenvalue weighted by Gasteiger charge is -2.35. The summed E-state index contributed by atoms with van der Waals surface area (Å²) in [5, 5.41) is 10.5. The fourth-order valence-electron chi connectivity index (χ4n) is 4.99. The number of aliphatic hydroxyl groups excluding tert-OH is 1. The van der Waals surface area contributed by atoms with Gasteiger partial charge in [-0.25, -0.2) is 0 Å². The van der Waals surface area contributed by atoms with Crippen molar-refractivity contribution in [1.82, 2.24) is 0 Å². The summed E-state index contributed by atoms with van der Waals surface area (Å²) in [6, 6.07) is 10.6. The largest absolute Gasteiger partial charge is 0.392 e. The van der Waals surface area contributed by atoms with Crippen LogP contribution in [-0.2, 0) is 4.74 Å². The Morgan fingerprint density at radius 2 is 2.06 bits per heavy atom. The Labute approximate surface area is 108 Å². The molecule has 2 aliphatic carbocycles. The van der Waals surface area contributed by atoms with Crippen LogP contribution in [0.25, 0.3) is 0 Å². The monoisotopic (exact) mass is 244 g/mol. The molecule has 0 bridgehead atoms. The van der Waals surface area contributed by atoms with Crippen LogP contribution in [0.4, 0.5) is 0 Å². The summed E-state index contributed by atoms with van der Waals surface area (Å²) in [4.78, 5) is 0. The topological polar surface area (TPSA) is 29.5 Å². The summed E-state index contributed by atoms with van der Waals surface area (Å²) >= 11 is 0. The smallest absolute Gasteiger partial charge is 0.0641 e. The van der Waals surface area contributed by atoms with Gasteiger partial charge in [-0.15, -0.1) is 0 Å². The fourth-order valence-corrected chi connectivity index (χ4v) is 4.99. The average Bonchev–Trinajstić information content (AvgIpc) is 2.99. The summed E-state index contributed by atoms with van der Waals surface area (Å²) < 4.78 is 6.02. The molecule has 0 unspecified atom stereocenters. The van der Waals surface area contributed by atoms with Crippen LogP contribution in [0.15, 0.2) is 30.3 Å². The maximum absolute atomic E-state index is 10.5. The van der Waals surface area contributed by atoms with Gasteiger partial charge in [-0.3, -0.25) is 0 Å². The van der Waals surface area contributed by atoms with Crippen molar-refractivity contribution in [3.8, 4) is 0 Å². The van der Waals surface area contributed by atoms with Gasteiger partial charge in [0, 0.05) is 11.3 Å². The Kier molecular flexibility index (Phi) is 2.33. The zero-order valence-electron chi connectivity index (χ0n) is 10.6. The normalized spacial score (nSPS) is 46.1. The highest BCUT2D eigenvalue weighted by molar-refractivity contribution is 5.29. The molecule has 0 amide bonds. The van der Waals surface area contributed by atoms with Crippen molar-refractivity contribution in [2.45, 2.75) is 43.8 Å². The molecule has 1 aliphatic heterocycles. The average molecular weight is 244 g/mol. The van der Waals surface area contributed by atoms with E-state index in [-0.39, 0.29) is 11.5 Å². The highest BCUT2D eigenvalue weighted by Gasteiger charge is 2.64. The van der Waals surface area contributed by atoms with Gasteiger partial charge in [-0.1, -0.05) is 36.8 Å². The van der Waals surface area contributed by atoms with E-state index in [1.165, 1.54) is 24.8 Å². The maximum atomic E-state index is 10.5. The SMILES string of the molecule is O[C@H]1C[C@H]2CO[C@@H]3CCC[C@@]23[C@H]1c1ccccc1. The summed E-state index contributed by atoms with van der Waals surface area (Å²) in [7, 11) is 0. The summed E-state index contributed by atoms with van der Waals surface area (Å²) in [6.07, 6.45) is 4.82. The van der Waals surface area contributed by atoms with E-state index in [0.29, 0.717) is 17.9 Å². The molecule has 96 valence electrons. The molecule has 0 aromatic heterocycles. The van der Waals surface area contributed by atoms with Gasteiger partial charge in [0.15, 0.2) is 0 Å². The van der Waals surface area contributed by atoms with Gasteiger partial charge in [0.25, 0.3) is 0 Å². The molecule has 2 saturated carbocycles. The highest BCUT2D eigenvalue weighted by atomic mass is 16.5. The molecular formula is C16H20O2. The molecule has 3 fully saturated rings. The molecule has 1 heterocycles. The molecule has 1 spiro atoms. The molecule has 2 nitrogen and oxygen atoms in total. The zero-order chi connectivity index (χ0) is 12.2. The van der Waals surface area contributed by atoms with Crippen molar-refractivity contribution in [3.63, 3.8) is 0 Å². The Hall–Kier alpha value is -0.860. The Bertz CT molecular complexity index is 444. The third kappa shape index (κ3) is 1.25. The molecule has 4 rings (SSSR count). The van der Waals surface area contributed by atoms with Gasteiger partial charge >= 0.3 is 0 Å². The minimum Gasteiger partial charge on any atom is -0.392 e. The second-order valence-corrected chi connectivity index (χ2v) is 6.21. The van der Waals surface area contributed by atoms with Crippen molar-refractivity contribution < 1.29 is 9.84 Å². The van der Waals surface area contributed by atoms with E-state index in [1.54, 1.807) is 0 Å². The van der Waals surface area contributed by atoms with Crippen molar-refractivity contribution in [3.05, 3.63) is 35.9 Å². The minimum atomic E-state index is -0.179. The van der Waals surface area contributed by atoms with E-state index in [0.717, 1.165) is 13.0 Å².